The van der Waals surface area contributed by atoms with Gasteiger partial charge in [-0.2, -0.15) is 0 Å². The minimum absolute atomic E-state index is 0.226. The summed E-state index contributed by atoms with van der Waals surface area (Å²) in [5.41, 5.74) is 0.911. The highest BCUT2D eigenvalue weighted by Gasteiger charge is 2.23. The van der Waals surface area contributed by atoms with Crippen molar-refractivity contribution in [3.63, 3.8) is 0 Å². The Balaban J connectivity index is 1.64. The van der Waals surface area contributed by atoms with E-state index in [0.29, 0.717) is 16.8 Å². The molecule has 1 fully saturated rings. The number of carbonyl (C=O) groups is 1. The van der Waals surface area contributed by atoms with Gasteiger partial charge in [0.1, 0.15) is 0 Å². The van der Waals surface area contributed by atoms with E-state index in [4.69, 9.17) is 11.6 Å². The van der Waals surface area contributed by atoms with Crippen LogP contribution in [-0.2, 0) is 4.79 Å². The summed E-state index contributed by atoms with van der Waals surface area (Å²) in [6, 6.07) is 6.10. The van der Waals surface area contributed by atoms with Crippen LogP contribution in [0.1, 0.15) is 26.2 Å². The van der Waals surface area contributed by atoms with Gasteiger partial charge in [0.2, 0.25) is 5.91 Å². The average molecular weight is 341 g/mol. The molecule has 3 nitrogen and oxygen atoms in total. The number of rotatable bonds is 3. The summed E-state index contributed by atoms with van der Waals surface area (Å²) in [6.45, 7) is 3.04. The number of carbonyl (C=O) groups excluding carboxylic acids is 1. The minimum atomic E-state index is 0.226. The van der Waals surface area contributed by atoms with Crippen molar-refractivity contribution in [3.8, 4) is 0 Å². The zero-order valence-electron chi connectivity index (χ0n) is 11.8. The van der Waals surface area contributed by atoms with Crippen molar-refractivity contribution in [1.29, 1.82) is 0 Å². The Morgan fingerprint density at radius 2 is 2.38 bits per heavy atom. The van der Waals surface area contributed by atoms with E-state index in [9.17, 15) is 4.79 Å². The quantitative estimate of drug-likeness (QED) is 0.774. The molecule has 3 rings (SSSR count). The topological polar surface area (TPSA) is 33.2 Å². The van der Waals surface area contributed by atoms with E-state index < -0.39 is 0 Å². The van der Waals surface area contributed by atoms with Crippen molar-refractivity contribution in [1.82, 2.24) is 9.88 Å². The molecule has 1 atom stereocenters. The van der Waals surface area contributed by atoms with Crippen LogP contribution in [0, 0.1) is 0 Å². The van der Waals surface area contributed by atoms with Crippen LogP contribution in [0.4, 0.5) is 0 Å². The summed E-state index contributed by atoms with van der Waals surface area (Å²) >= 11 is 9.12. The highest BCUT2D eigenvalue weighted by molar-refractivity contribution is 8.01. The Labute approximate surface area is 137 Å². The van der Waals surface area contributed by atoms with Crippen molar-refractivity contribution in [3.05, 3.63) is 23.2 Å². The Morgan fingerprint density at radius 1 is 1.52 bits per heavy atom. The number of aromatic nitrogens is 1. The second-order valence-electron chi connectivity index (χ2n) is 5.31. The predicted octanol–water partition coefficient (Wildman–Crippen LogP) is 4.44. The van der Waals surface area contributed by atoms with Gasteiger partial charge >= 0.3 is 0 Å². The number of fused-ring (bicyclic) bond motifs is 1. The molecule has 0 N–H and O–H groups in total. The lowest BCUT2D eigenvalue weighted by atomic mass is 10.0. The number of piperidine rings is 1. The molecular weight excluding hydrogens is 324 g/mol. The standard InChI is InChI=1S/C15H17ClN2OS2/c1-10-4-2-3-7-18(10)14(19)9-20-15-17-12-8-11(16)5-6-13(12)21-15/h5-6,8,10H,2-4,7,9H2,1H3/t10-/m0/s1. The summed E-state index contributed by atoms with van der Waals surface area (Å²) in [5, 5.41) is 0.697. The van der Waals surface area contributed by atoms with Crippen LogP contribution in [0.25, 0.3) is 10.2 Å². The normalized spacial score (nSPS) is 19.1. The van der Waals surface area contributed by atoms with Gasteiger partial charge in [-0.3, -0.25) is 4.79 Å². The van der Waals surface area contributed by atoms with Crippen molar-refractivity contribution >= 4 is 50.8 Å². The van der Waals surface area contributed by atoms with Crippen LogP contribution in [0.15, 0.2) is 22.5 Å². The molecule has 0 unspecified atom stereocenters. The number of likely N-dealkylation sites (tertiary alicyclic amines) is 1. The lowest BCUT2D eigenvalue weighted by Crippen LogP contribution is -2.42. The van der Waals surface area contributed by atoms with Gasteiger partial charge in [-0.25, -0.2) is 4.98 Å². The molecule has 2 aromatic rings. The number of hydrogen-bond acceptors (Lipinski definition) is 4. The van der Waals surface area contributed by atoms with Gasteiger partial charge in [0, 0.05) is 17.6 Å². The molecule has 0 bridgehead atoms. The third-order valence-corrected chi connectivity index (χ3v) is 6.17. The summed E-state index contributed by atoms with van der Waals surface area (Å²) < 4.78 is 2.05. The van der Waals surface area contributed by atoms with Crippen LogP contribution < -0.4 is 0 Å². The maximum atomic E-state index is 12.3. The largest absolute Gasteiger partial charge is 0.339 e. The van der Waals surface area contributed by atoms with Gasteiger partial charge in [0.05, 0.1) is 16.0 Å². The monoisotopic (exact) mass is 340 g/mol. The fourth-order valence-electron chi connectivity index (χ4n) is 2.62. The van der Waals surface area contributed by atoms with Crippen LogP contribution in [0.3, 0.4) is 0 Å². The molecule has 6 heteroatoms. The van der Waals surface area contributed by atoms with Crippen molar-refractivity contribution in [2.45, 2.75) is 36.6 Å². The van der Waals surface area contributed by atoms with E-state index in [1.807, 2.05) is 23.1 Å². The SMILES string of the molecule is C[C@H]1CCCCN1C(=O)CSc1nc2cc(Cl)ccc2s1. The molecule has 0 spiro atoms. The van der Waals surface area contributed by atoms with Crippen molar-refractivity contribution in [2.24, 2.45) is 0 Å². The lowest BCUT2D eigenvalue weighted by Gasteiger charge is -2.33. The first-order chi connectivity index (χ1) is 10.1. The number of benzene rings is 1. The highest BCUT2D eigenvalue weighted by Crippen LogP contribution is 2.31. The van der Waals surface area contributed by atoms with E-state index in [0.717, 1.165) is 33.9 Å². The van der Waals surface area contributed by atoms with Gasteiger partial charge in [0.25, 0.3) is 0 Å². The second kappa shape index (κ2) is 6.55. The molecule has 1 saturated heterocycles. The molecule has 1 amide bonds. The number of hydrogen-bond donors (Lipinski definition) is 0. The van der Waals surface area contributed by atoms with Gasteiger partial charge in [0.15, 0.2) is 4.34 Å². The van der Waals surface area contributed by atoms with Crippen LogP contribution in [0.5, 0.6) is 0 Å². The first-order valence-corrected chi connectivity index (χ1v) is 9.30. The zero-order valence-corrected chi connectivity index (χ0v) is 14.2. The molecule has 21 heavy (non-hydrogen) atoms. The Kier molecular flexibility index (Phi) is 4.72. The lowest BCUT2D eigenvalue weighted by molar-refractivity contribution is -0.131. The van der Waals surface area contributed by atoms with E-state index in [-0.39, 0.29) is 5.91 Å². The molecule has 2 heterocycles. The van der Waals surface area contributed by atoms with Gasteiger partial charge in [-0.05, 0) is 44.4 Å². The first-order valence-electron chi connectivity index (χ1n) is 7.12. The van der Waals surface area contributed by atoms with Crippen LogP contribution >= 0.6 is 34.7 Å². The number of halogens is 1. The van der Waals surface area contributed by atoms with Gasteiger partial charge < -0.3 is 4.90 Å². The first kappa shape index (κ1) is 15.1. The van der Waals surface area contributed by atoms with E-state index in [2.05, 4.69) is 11.9 Å². The minimum Gasteiger partial charge on any atom is -0.339 e. The summed E-state index contributed by atoms with van der Waals surface area (Å²) in [6.07, 6.45) is 3.48. The van der Waals surface area contributed by atoms with E-state index in [1.54, 1.807) is 11.3 Å². The Morgan fingerprint density at radius 3 is 3.19 bits per heavy atom. The highest BCUT2D eigenvalue weighted by atomic mass is 35.5. The maximum Gasteiger partial charge on any atom is 0.233 e. The average Bonchev–Trinajstić information content (AvgIpc) is 2.87. The second-order valence-corrected chi connectivity index (χ2v) is 8.00. The fourth-order valence-corrected chi connectivity index (χ4v) is 4.72. The fraction of sp³-hybridized carbons (Fsp3) is 0.467. The third-order valence-electron chi connectivity index (χ3n) is 3.77. The number of thioether (sulfide) groups is 1. The number of amides is 1. The smallest absolute Gasteiger partial charge is 0.233 e. The molecule has 0 aliphatic carbocycles. The zero-order chi connectivity index (χ0) is 14.8. The predicted molar refractivity (Wildman–Crippen MR) is 90.4 cm³/mol. The molecular formula is C15H17ClN2OS2. The molecule has 1 aliphatic heterocycles. The molecule has 1 aromatic carbocycles. The molecule has 0 radical (unpaired) electrons. The van der Waals surface area contributed by atoms with E-state index in [1.165, 1.54) is 18.2 Å². The molecule has 1 aliphatic rings. The molecule has 112 valence electrons. The molecule has 0 saturated carbocycles. The van der Waals surface area contributed by atoms with Crippen molar-refractivity contribution in [2.75, 3.05) is 12.3 Å². The third kappa shape index (κ3) is 3.52. The van der Waals surface area contributed by atoms with Gasteiger partial charge in [-0.15, -0.1) is 11.3 Å². The number of nitrogens with zero attached hydrogens (tertiary/aromatic N) is 2. The van der Waals surface area contributed by atoms with E-state index >= 15 is 0 Å². The van der Waals surface area contributed by atoms with Crippen LogP contribution in [0.2, 0.25) is 5.02 Å². The summed E-state index contributed by atoms with van der Waals surface area (Å²) in [7, 11) is 0. The Hall–Kier alpha value is -0.780. The van der Waals surface area contributed by atoms with Crippen molar-refractivity contribution < 1.29 is 4.79 Å². The van der Waals surface area contributed by atoms with Gasteiger partial charge in [-0.1, -0.05) is 23.4 Å². The Bertz CT molecular complexity index is 658. The molecule has 1 aromatic heterocycles. The van der Waals surface area contributed by atoms with Crippen LogP contribution in [-0.4, -0.2) is 34.1 Å². The summed E-state index contributed by atoms with van der Waals surface area (Å²) in [5.74, 6) is 0.697. The maximum absolute atomic E-state index is 12.3. The summed E-state index contributed by atoms with van der Waals surface area (Å²) in [4.78, 5) is 18.9. The number of thiazole rings is 1.